The number of nitrogens with zero attached hydrogens (tertiary/aromatic N) is 1. The van der Waals surface area contributed by atoms with Gasteiger partial charge in [-0.25, -0.2) is 4.98 Å². The van der Waals surface area contributed by atoms with Crippen LogP contribution in [0.2, 0.25) is 0 Å². The molecule has 3 aromatic rings. The summed E-state index contributed by atoms with van der Waals surface area (Å²) in [7, 11) is 0. The monoisotopic (exact) mass is 367 g/mol. The number of rotatable bonds is 7. The predicted molar refractivity (Wildman–Crippen MR) is 98.7 cm³/mol. The van der Waals surface area contributed by atoms with Gasteiger partial charge in [-0.05, 0) is 29.8 Å². The number of hydrogen-bond acceptors (Lipinski definition) is 5. The molecule has 0 saturated carbocycles. The van der Waals surface area contributed by atoms with Crippen molar-refractivity contribution in [1.29, 1.82) is 0 Å². The molecule has 6 nitrogen and oxygen atoms in total. The molecule has 132 valence electrons. The number of amides is 2. The first kappa shape index (κ1) is 17.6. The van der Waals surface area contributed by atoms with Crippen LogP contribution >= 0.6 is 11.3 Å². The summed E-state index contributed by atoms with van der Waals surface area (Å²) in [5, 5.41) is 4.57. The second-order valence-electron chi connectivity index (χ2n) is 5.51. The first-order valence-electron chi connectivity index (χ1n) is 7.88. The molecule has 7 heteroatoms. The number of benzene rings is 2. The van der Waals surface area contributed by atoms with Crippen molar-refractivity contribution in [3.05, 3.63) is 82.3 Å². The van der Waals surface area contributed by atoms with E-state index >= 15 is 0 Å². The molecule has 1 unspecified atom stereocenters. The van der Waals surface area contributed by atoms with Crippen molar-refractivity contribution in [2.24, 2.45) is 5.73 Å². The number of primary amides is 1. The zero-order chi connectivity index (χ0) is 18.4. The van der Waals surface area contributed by atoms with Crippen LogP contribution in [0.15, 0.2) is 65.5 Å². The van der Waals surface area contributed by atoms with Gasteiger partial charge < -0.3 is 15.8 Å². The Morgan fingerprint density at radius 2 is 1.85 bits per heavy atom. The molecule has 1 atom stereocenters. The SMILES string of the molecule is NC(=O)C(NC(=O)c1ccc(OCc2cscn2)cc1)c1ccccc1. The summed E-state index contributed by atoms with van der Waals surface area (Å²) in [5.41, 5.74) is 9.07. The van der Waals surface area contributed by atoms with E-state index in [0.29, 0.717) is 23.5 Å². The van der Waals surface area contributed by atoms with Gasteiger partial charge in [0.1, 0.15) is 18.4 Å². The molecule has 0 aliphatic rings. The smallest absolute Gasteiger partial charge is 0.252 e. The number of carbonyl (C=O) groups is 2. The van der Waals surface area contributed by atoms with Gasteiger partial charge in [-0.3, -0.25) is 9.59 Å². The number of ether oxygens (including phenoxy) is 1. The zero-order valence-corrected chi connectivity index (χ0v) is 14.6. The van der Waals surface area contributed by atoms with Crippen molar-refractivity contribution >= 4 is 23.2 Å². The minimum absolute atomic E-state index is 0.368. The lowest BCUT2D eigenvalue weighted by atomic mass is 10.1. The van der Waals surface area contributed by atoms with Crippen molar-refractivity contribution in [1.82, 2.24) is 10.3 Å². The molecule has 26 heavy (non-hydrogen) atoms. The van der Waals surface area contributed by atoms with Gasteiger partial charge in [-0.2, -0.15) is 0 Å². The van der Waals surface area contributed by atoms with Gasteiger partial charge in [-0.1, -0.05) is 30.3 Å². The van der Waals surface area contributed by atoms with Crippen LogP contribution in [0.4, 0.5) is 0 Å². The van der Waals surface area contributed by atoms with E-state index < -0.39 is 11.9 Å². The maximum Gasteiger partial charge on any atom is 0.252 e. The Morgan fingerprint density at radius 1 is 1.12 bits per heavy atom. The Bertz CT molecular complexity index is 865. The lowest BCUT2D eigenvalue weighted by molar-refractivity contribution is -0.120. The fraction of sp³-hybridized carbons (Fsp3) is 0.105. The normalized spacial score (nSPS) is 11.5. The van der Waals surface area contributed by atoms with E-state index in [9.17, 15) is 9.59 Å². The highest BCUT2D eigenvalue weighted by Gasteiger charge is 2.20. The molecule has 0 fully saturated rings. The van der Waals surface area contributed by atoms with Crippen LogP contribution in [-0.4, -0.2) is 16.8 Å². The molecule has 0 spiro atoms. The van der Waals surface area contributed by atoms with Crippen LogP contribution in [0.25, 0.3) is 0 Å². The van der Waals surface area contributed by atoms with E-state index in [1.54, 1.807) is 54.0 Å². The highest BCUT2D eigenvalue weighted by Crippen LogP contribution is 2.16. The molecule has 3 N–H and O–H groups in total. The number of hydrogen-bond donors (Lipinski definition) is 2. The summed E-state index contributed by atoms with van der Waals surface area (Å²) in [4.78, 5) is 28.3. The molecule has 0 bridgehead atoms. The highest BCUT2D eigenvalue weighted by atomic mass is 32.1. The van der Waals surface area contributed by atoms with Gasteiger partial charge in [0.15, 0.2) is 0 Å². The van der Waals surface area contributed by atoms with E-state index in [-0.39, 0.29) is 5.91 Å². The summed E-state index contributed by atoms with van der Waals surface area (Å²) in [5.74, 6) is -0.375. The van der Waals surface area contributed by atoms with E-state index in [1.165, 1.54) is 11.3 Å². The standard InChI is InChI=1S/C19H17N3O3S/c20-18(23)17(13-4-2-1-3-5-13)22-19(24)14-6-8-16(9-7-14)25-10-15-11-26-12-21-15/h1-9,11-12,17H,10H2,(H2,20,23)(H,22,24). The Kier molecular flexibility index (Phi) is 5.60. The number of nitrogens with one attached hydrogen (secondary N) is 1. The van der Waals surface area contributed by atoms with Crippen LogP contribution < -0.4 is 15.8 Å². The first-order chi connectivity index (χ1) is 12.6. The molecule has 0 aliphatic heterocycles. The van der Waals surface area contributed by atoms with E-state index in [2.05, 4.69) is 10.3 Å². The van der Waals surface area contributed by atoms with Gasteiger partial charge >= 0.3 is 0 Å². The molecule has 1 heterocycles. The summed E-state index contributed by atoms with van der Waals surface area (Å²) in [6, 6.07) is 14.7. The summed E-state index contributed by atoms with van der Waals surface area (Å²) in [6.07, 6.45) is 0. The van der Waals surface area contributed by atoms with Crippen LogP contribution in [0.5, 0.6) is 5.75 Å². The first-order valence-corrected chi connectivity index (χ1v) is 8.83. The maximum absolute atomic E-state index is 12.4. The van der Waals surface area contributed by atoms with Crippen LogP contribution in [-0.2, 0) is 11.4 Å². The van der Waals surface area contributed by atoms with Gasteiger partial charge in [0, 0.05) is 10.9 Å². The fourth-order valence-electron chi connectivity index (χ4n) is 2.35. The number of nitrogens with two attached hydrogens (primary N) is 1. The Hall–Kier alpha value is -3.19. The minimum Gasteiger partial charge on any atom is -0.487 e. The van der Waals surface area contributed by atoms with Crippen molar-refractivity contribution in [3.63, 3.8) is 0 Å². The van der Waals surface area contributed by atoms with Gasteiger partial charge in [-0.15, -0.1) is 11.3 Å². The number of carbonyl (C=O) groups excluding carboxylic acids is 2. The lowest BCUT2D eigenvalue weighted by Crippen LogP contribution is -2.37. The molecule has 3 rings (SSSR count). The Labute approximate surface area is 154 Å². The lowest BCUT2D eigenvalue weighted by Gasteiger charge is -2.16. The summed E-state index contributed by atoms with van der Waals surface area (Å²) in [6.45, 7) is 0.368. The van der Waals surface area contributed by atoms with Crippen LogP contribution in [0.3, 0.4) is 0 Å². The molecule has 0 saturated heterocycles. The average molecular weight is 367 g/mol. The second kappa shape index (κ2) is 8.26. The van der Waals surface area contributed by atoms with E-state index in [4.69, 9.17) is 10.5 Å². The van der Waals surface area contributed by atoms with Crippen molar-refractivity contribution in [3.8, 4) is 5.75 Å². The highest BCUT2D eigenvalue weighted by molar-refractivity contribution is 7.07. The van der Waals surface area contributed by atoms with E-state index in [1.807, 2.05) is 11.4 Å². The second-order valence-corrected chi connectivity index (χ2v) is 6.23. The minimum atomic E-state index is -0.885. The summed E-state index contributed by atoms with van der Waals surface area (Å²) >= 11 is 1.51. The van der Waals surface area contributed by atoms with Gasteiger partial charge in [0.05, 0.1) is 11.2 Å². The summed E-state index contributed by atoms with van der Waals surface area (Å²) < 4.78 is 5.61. The number of aromatic nitrogens is 1. The Morgan fingerprint density at radius 3 is 2.46 bits per heavy atom. The third kappa shape index (κ3) is 4.46. The molecular weight excluding hydrogens is 350 g/mol. The molecule has 2 aromatic carbocycles. The zero-order valence-electron chi connectivity index (χ0n) is 13.8. The van der Waals surface area contributed by atoms with E-state index in [0.717, 1.165) is 5.69 Å². The number of thiazole rings is 1. The Balaban J connectivity index is 1.64. The van der Waals surface area contributed by atoms with Gasteiger partial charge in [0.2, 0.25) is 5.91 Å². The molecular formula is C19H17N3O3S. The molecule has 2 amide bonds. The van der Waals surface area contributed by atoms with Crippen molar-refractivity contribution in [2.45, 2.75) is 12.6 Å². The fourth-order valence-corrected chi connectivity index (χ4v) is 2.89. The van der Waals surface area contributed by atoms with Crippen LogP contribution in [0.1, 0.15) is 27.7 Å². The van der Waals surface area contributed by atoms with Crippen LogP contribution in [0, 0.1) is 0 Å². The molecule has 0 radical (unpaired) electrons. The topological polar surface area (TPSA) is 94.3 Å². The van der Waals surface area contributed by atoms with Crippen molar-refractivity contribution in [2.75, 3.05) is 0 Å². The van der Waals surface area contributed by atoms with Crippen molar-refractivity contribution < 1.29 is 14.3 Å². The average Bonchev–Trinajstić information content (AvgIpc) is 3.19. The van der Waals surface area contributed by atoms with Gasteiger partial charge in [0.25, 0.3) is 5.91 Å². The predicted octanol–water partition coefficient (Wildman–Crippen LogP) is 2.68. The largest absolute Gasteiger partial charge is 0.487 e. The third-order valence-corrected chi connectivity index (χ3v) is 4.31. The quantitative estimate of drug-likeness (QED) is 0.671. The molecule has 0 aliphatic carbocycles. The third-order valence-electron chi connectivity index (χ3n) is 3.68. The molecule has 1 aromatic heterocycles. The maximum atomic E-state index is 12.4.